The number of aliphatic hydroxyl groups is 1. The molecule has 2 nitrogen and oxygen atoms in total. The molecule has 0 aromatic heterocycles. The summed E-state index contributed by atoms with van der Waals surface area (Å²) in [6.45, 7) is 3.58. The third-order valence-corrected chi connectivity index (χ3v) is 2.10. The maximum absolute atomic E-state index is 9.49. The van der Waals surface area contributed by atoms with Gasteiger partial charge >= 0.3 is 0 Å². The predicted molar refractivity (Wildman–Crippen MR) is 38.1 cm³/mol. The summed E-state index contributed by atoms with van der Waals surface area (Å²) in [7, 11) is 0. The number of hydrogen-bond donors (Lipinski definition) is 1. The average Bonchev–Trinajstić information content (AvgIpc) is 2.68. The van der Waals surface area contributed by atoms with E-state index in [1.807, 2.05) is 0 Å². The Bertz CT molecular complexity index is 165. The van der Waals surface area contributed by atoms with Crippen molar-refractivity contribution in [1.29, 1.82) is 5.26 Å². The highest BCUT2D eigenvalue weighted by atomic mass is 16.3. The van der Waals surface area contributed by atoms with Gasteiger partial charge in [-0.1, -0.05) is 0 Å². The molecule has 0 amide bonds. The summed E-state index contributed by atoms with van der Waals surface area (Å²) in [6, 6.07) is 2.11. The van der Waals surface area contributed by atoms with E-state index in [1.165, 1.54) is 0 Å². The first kappa shape index (κ1) is 7.56. The lowest BCUT2D eigenvalue weighted by atomic mass is 9.86. The number of hydrogen-bond acceptors (Lipinski definition) is 2. The van der Waals surface area contributed by atoms with Crippen LogP contribution in [-0.4, -0.2) is 11.2 Å². The van der Waals surface area contributed by atoms with Gasteiger partial charge in [-0.2, -0.15) is 5.26 Å². The number of nitrogens with zero attached hydrogens (tertiary/aromatic N) is 1. The highest BCUT2D eigenvalue weighted by Gasteiger charge is 2.39. The summed E-state index contributed by atoms with van der Waals surface area (Å²) in [5.74, 6) is 0.398. The van der Waals surface area contributed by atoms with Crippen molar-refractivity contribution in [2.24, 2.45) is 11.3 Å². The zero-order valence-electron chi connectivity index (χ0n) is 6.46. The molecule has 1 atom stereocenters. The van der Waals surface area contributed by atoms with Crippen molar-refractivity contribution in [1.82, 2.24) is 0 Å². The van der Waals surface area contributed by atoms with Gasteiger partial charge < -0.3 is 5.11 Å². The minimum absolute atomic E-state index is 0.398. The Morgan fingerprint density at radius 1 is 1.60 bits per heavy atom. The fourth-order valence-electron chi connectivity index (χ4n) is 1.07. The summed E-state index contributed by atoms with van der Waals surface area (Å²) in [6.07, 6.45) is 1.76. The van der Waals surface area contributed by atoms with Gasteiger partial charge in [-0.15, -0.1) is 0 Å². The molecule has 0 bridgehead atoms. The van der Waals surface area contributed by atoms with E-state index in [9.17, 15) is 5.11 Å². The first-order chi connectivity index (χ1) is 4.58. The maximum atomic E-state index is 9.49. The molecule has 56 valence electrons. The molecule has 1 N–H and O–H groups in total. The Labute approximate surface area is 61.5 Å². The van der Waals surface area contributed by atoms with Crippen LogP contribution in [-0.2, 0) is 0 Å². The summed E-state index contributed by atoms with van der Waals surface area (Å²) >= 11 is 0. The normalized spacial score (nSPS) is 21.8. The van der Waals surface area contributed by atoms with Gasteiger partial charge in [-0.05, 0) is 32.6 Å². The molecule has 0 aromatic rings. The molecule has 0 radical (unpaired) electrons. The monoisotopic (exact) mass is 139 g/mol. The van der Waals surface area contributed by atoms with E-state index in [1.54, 1.807) is 13.8 Å². The van der Waals surface area contributed by atoms with Gasteiger partial charge in [0.25, 0.3) is 0 Å². The molecule has 1 fully saturated rings. The van der Waals surface area contributed by atoms with E-state index in [0.29, 0.717) is 5.92 Å². The van der Waals surface area contributed by atoms with E-state index >= 15 is 0 Å². The maximum Gasteiger partial charge on any atom is 0.0779 e. The summed E-state index contributed by atoms with van der Waals surface area (Å²) < 4.78 is 0. The smallest absolute Gasteiger partial charge is 0.0779 e. The van der Waals surface area contributed by atoms with E-state index in [0.717, 1.165) is 12.8 Å². The molecule has 1 saturated carbocycles. The van der Waals surface area contributed by atoms with Crippen LogP contribution in [0.15, 0.2) is 0 Å². The zero-order valence-corrected chi connectivity index (χ0v) is 6.46. The van der Waals surface area contributed by atoms with E-state index in [2.05, 4.69) is 6.07 Å². The van der Waals surface area contributed by atoms with Crippen molar-refractivity contribution in [3.63, 3.8) is 0 Å². The first-order valence-corrected chi connectivity index (χ1v) is 3.67. The molecular formula is C8H13NO. The highest BCUT2D eigenvalue weighted by molar-refractivity contribution is 5.02. The molecular weight excluding hydrogens is 126 g/mol. The van der Waals surface area contributed by atoms with Crippen LogP contribution in [0.3, 0.4) is 0 Å². The van der Waals surface area contributed by atoms with Crippen LogP contribution in [0.25, 0.3) is 0 Å². The standard InChI is InChI=1S/C8H13NO/c1-8(2,5-9)7(10)6-3-4-6/h6-7,10H,3-4H2,1-2H3. The molecule has 2 heteroatoms. The van der Waals surface area contributed by atoms with Gasteiger partial charge in [0.15, 0.2) is 0 Å². The second-order valence-corrected chi connectivity index (χ2v) is 3.62. The minimum atomic E-state index is -0.554. The SMILES string of the molecule is CC(C)(C#N)C(O)C1CC1. The number of nitriles is 1. The van der Waals surface area contributed by atoms with E-state index in [-0.39, 0.29) is 0 Å². The highest BCUT2D eigenvalue weighted by Crippen LogP contribution is 2.39. The van der Waals surface area contributed by atoms with Gasteiger partial charge in [0.05, 0.1) is 17.6 Å². The molecule has 0 spiro atoms. The molecule has 0 aromatic carbocycles. The fraction of sp³-hybridized carbons (Fsp3) is 0.875. The molecule has 10 heavy (non-hydrogen) atoms. The molecule has 1 aliphatic rings. The first-order valence-electron chi connectivity index (χ1n) is 3.67. The lowest BCUT2D eigenvalue weighted by Crippen LogP contribution is -2.29. The van der Waals surface area contributed by atoms with Crippen LogP contribution in [0.5, 0.6) is 0 Å². The Morgan fingerprint density at radius 2 is 2.10 bits per heavy atom. The van der Waals surface area contributed by atoms with Crippen molar-refractivity contribution in [3.05, 3.63) is 0 Å². The van der Waals surface area contributed by atoms with Crippen LogP contribution >= 0.6 is 0 Å². The number of aliphatic hydroxyl groups excluding tert-OH is 1. The topological polar surface area (TPSA) is 44.0 Å². The lowest BCUT2D eigenvalue weighted by Gasteiger charge is -2.22. The molecule has 1 unspecified atom stereocenters. The van der Waals surface area contributed by atoms with Crippen LogP contribution in [0.4, 0.5) is 0 Å². The number of rotatable bonds is 2. The second kappa shape index (κ2) is 2.25. The van der Waals surface area contributed by atoms with Gasteiger partial charge in [0.1, 0.15) is 0 Å². The quantitative estimate of drug-likeness (QED) is 0.626. The molecule has 1 aliphatic carbocycles. The van der Waals surface area contributed by atoms with Crippen LogP contribution in [0.2, 0.25) is 0 Å². The lowest BCUT2D eigenvalue weighted by molar-refractivity contribution is 0.0663. The Hall–Kier alpha value is -0.550. The predicted octanol–water partition coefficient (Wildman–Crippen LogP) is 1.31. The fourth-order valence-corrected chi connectivity index (χ4v) is 1.07. The Kier molecular flexibility index (Phi) is 1.70. The van der Waals surface area contributed by atoms with E-state index in [4.69, 9.17) is 5.26 Å². The minimum Gasteiger partial charge on any atom is -0.391 e. The van der Waals surface area contributed by atoms with Crippen molar-refractivity contribution >= 4 is 0 Å². The zero-order chi connectivity index (χ0) is 7.78. The Balaban J connectivity index is 2.54. The third-order valence-electron chi connectivity index (χ3n) is 2.10. The molecule has 0 aliphatic heterocycles. The summed E-state index contributed by atoms with van der Waals surface area (Å²) in [5.41, 5.74) is -0.554. The average molecular weight is 139 g/mol. The second-order valence-electron chi connectivity index (χ2n) is 3.62. The summed E-state index contributed by atoms with van der Waals surface area (Å²) in [5, 5.41) is 18.1. The van der Waals surface area contributed by atoms with Crippen molar-refractivity contribution in [3.8, 4) is 6.07 Å². The van der Waals surface area contributed by atoms with Crippen LogP contribution in [0, 0.1) is 22.7 Å². The van der Waals surface area contributed by atoms with Gasteiger partial charge in [0.2, 0.25) is 0 Å². The third kappa shape index (κ3) is 1.30. The van der Waals surface area contributed by atoms with Crippen molar-refractivity contribution in [2.45, 2.75) is 32.8 Å². The summed E-state index contributed by atoms with van der Waals surface area (Å²) in [4.78, 5) is 0. The molecule has 0 saturated heterocycles. The van der Waals surface area contributed by atoms with Crippen LogP contribution in [0.1, 0.15) is 26.7 Å². The van der Waals surface area contributed by atoms with Gasteiger partial charge in [-0.25, -0.2) is 0 Å². The van der Waals surface area contributed by atoms with Crippen LogP contribution < -0.4 is 0 Å². The molecule has 0 heterocycles. The van der Waals surface area contributed by atoms with Crippen molar-refractivity contribution < 1.29 is 5.11 Å². The van der Waals surface area contributed by atoms with Gasteiger partial charge in [-0.3, -0.25) is 0 Å². The van der Waals surface area contributed by atoms with Gasteiger partial charge in [0, 0.05) is 0 Å². The Morgan fingerprint density at radius 3 is 2.40 bits per heavy atom. The van der Waals surface area contributed by atoms with E-state index < -0.39 is 11.5 Å². The largest absolute Gasteiger partial charge is 0.391 e. The molecule has 1 rings (SSSR count). The van der Waals surface area contributed by atoms with Crippen molar-refractivity contribution in [2.75, 3.05) is 0 Å².